The first-order chi connectivity index (χ1) is 19.9. The van der Waals surface area contributed by atoms with Crippen molar-refractivity contribution in [3.05, 3.63) is 83.6 Å². The number of aromatic nitrogens is 1. The van der Waals surface area contributed by atoms with Crippen molar-refractivity contribution in [2.24, 2.45) is 5.92 Å². The quantitative estimate of drug-likeness (QED) is 0.331. The number of anilines is 3. The molecule has 1 aromatic heterocycles. The number of nitrogens with one attached hydrogen (secondary N) is 2. The number of nitrogens with two attached hydrogens (primary N) is 1. The van der Waals surface area contributed by atoms with E-state index in [1.807, 2.05) is 25.1 Å². The summed E-state index contributed by atoms with van der Waals surface area (Å²) < 4.78 is 5.67. The second-order valence-corrected chi connectivity index (χ2v) is 11.5. The van der Waals surface area contributed by atoms with Gasteiger partial charge in [0.05, 0.1) is 16.9 Å². The molecular weight excluding hydrogens is 516 g/mol. The van der Waals surface area contributed by atoms with Gasteiger partial charge >= 0.3 is 6.09 Å². The molecule has 41 heavy (non-hydrogen) atoms. The number of piperazine rings is 1. The molecule has 2 saturated carbocycles. The largest absolute Gasteiger partial charge is 0.445 e. The van der Waals surface area contributed by atoms with Crippen LogP contribution in [0.4, 0.5) is 22.0 Å². The fourth-order valence-corrected chi connectivity index (χ4v) is 5.47. The lowest BCUT2D eigenvalue weighted by molar-refractivity contribution is 0.0794. The zero-order valence-corrected chi connectivity index (χ0v) is 23.5. The van der Waals surface area contributed by atoms with Gasteiger partial charge in [0.2, 0.25) is 0 Å². The summed E-state index contributed by atoms with van der Waals surface area (Å²) in [6.45, 7) is 5.23. The molecule has 0 radical (unpaired) electrons. The Labute approximate surface area is 241 Å². The van der Waals surface area contributed by atoms with E-state index in [2.05, 4.69) is 44.8 Å². The molecule has 9 heteroatoms. The van der Waals surface area contributed by atoms with E-state index in [-0.39, 0.29) is 24.6 Å². The predicted octanol–water partition coefficient (Wildman–Crippen LogP) is 4.62. The maximum Gasteiger partial charge on any atom is 0.410 e. The fourth-order valence-electron chi connectivity index (χ4n) is 5.47. The topological polar surface area (TPSA) is 113 Å². The molecule has 2 aromatic carbocycles. The van der Waals surface area contributed by atoms with Gasteiger partial charge in [-0.05, 0) is 74.0 Å². The number of pyridine rings is 1. The summed E-state index contributed by atoms with van der Waals surface area (Å²) in [4.78, 5) is 33.9. The number of amides is 2. The molecular formula is C32H38N6O3. The predicted molar refractivity (Wildman–Crippen MR) is 160 cm³/mol. The average molecular weight is 555 g/mol. The Morgan fingerprint density at radius 2 is 1.85 bits per heavy atom. The van der Waals surface area contributed by atoms with Gasteiger partial charge in [-0.25, -0.2) is 9.78 Å². The van der Waals surface area contributed by atoms with Crippen LogP contribution >= 0.6 is 0 Å². The Morgan fingerprint density at radius 3 is 2.56 bits per heavy atom. The number of ether oxygens (including phenoxy) is 1. The molecule has 2 heterocycles. The lowest BCUT2D eigenvalue weighted by atomic mass is 10.1. The molecule has 0 bridgehead atoms. The van der Waals surface area contributed by atoms with Crippen LogP contribution in [0.5, 0.6) is 0 Å². The second-order valence-electron chi connectivity index (χ2n) is 11.5. The number of hydrogen-bond acceptors (Lipinski definition) is 7. The first-order valence-corrected chi connectivity index (χ1v) is 14.6. The Kier molecular flexibility index (Phi) is 7.78. The van der Waals surface area contributed by atoms with Crippen molar-refractivity contribution in [2.45, 2.75) is 50.8 Å². The number of para-hydroxylation sites is 2. The summed E-state index contributed by atoms with van der Waals surface area (Å²) in [6, 6.07) is 19.8. The summed E-state index contributed by atoms with van der Waals surface area (Å²) in [6.07, 6.45) is 5.24. The highest BCUT2D eigenvalue weighted by molar-refractivity contribution is 6.05. The third kappa shape index (κ3) is 6.62. The van der Waals surface area contributed by atoms with Crippen molar-refractivity contribution < 1.29 is 14.3 Å². The van der Waals surface area contributed by atoms with Crippen LogP contribution in [0.1, 0.15) is 53.6 Å². The van der Waals surface area contributed by atoms with E-state index in [1.165, 1.54) is 24.8 Å². The van der Waals surface area contributed by atoms with Crippen LogP contribution in [-0.4, -0.2) is 60.1 Å². The third-order valence-corrected chi connectivity index (χ3v) is 8.33. The van der Waals surface area contributed by atoms with Crippen molar-refractivity contribution in [3.8, 4) is 0 Å². The normalized spacial score (nSPS) is 21.8. The third-order valence-electron chi connectivity index (χ3n) is 8.33. The van der Waals surface area contributed by atoms with Gasteiger partial charge in [-0.1, -0.05) is 36.4 Å². The monoisotopic (exact) mass is 554 g/mol. The maximum atomic E-state index is 12.9. The van der Waals surface area contributed by atoms with Crippen LogP contribution in [-0.2, 0) is 11.3 Å². The lowest BCUT2D eigenvalue weighted by Gasteiger charge is -2.39. The number of carbonyl (C=O) groups excluding carboxylic acids is 2. The number of hydrogen-bond donors (Lipinski definition) is 3. The summed E-state index contributed by atoms with van der Waals surface area (Å²) >= 11 is 0. The molecule has 0 spiro atoms. The first-order valence-electron chi connectivity index (χ1n) is 14.6. The molecule has 3 aromatic rings. The minimum atomic E-state index is -0.298. The summed E-state index contributed by atoms with van der Waals surface area (Å²) in [7, 11) is 0. The molecule has 3 aliphatic rings. The number of nitrogen functional groups attached to an aromatic ring is 1. The van der Waals surface area contributed by atoms with Gasteiger partial charge in [-0.2, -0.15) is 0 Å². The van der Waals surface area contributed by atoms with Crippen LogP contribution in [0.15, 0.2) is 66.9 Å². The Hall–Kier alpha value is -4.11. The van der Waals surface area contributed by atoms with Crippen molar-refractivity contribution >= 4 is 29.2 Å². The molecule has 214 valence electrons. The van der Waals surface area contributed by atoms with Gasteiger partial charge in [0.1, 0.15) is 12.4 Å². The van der Waals surface area contributed by atoms with E-state index in [9.17, 15) is 9.59 Å². The molecule has 6 rings (SSSR count). The Morgan fingerprint density at radius 1 is 1.05 bits per heavy atom. The molecule has 1 saturated heterocycles. The second kappa shape index (κ2) is 11.8. The highest BCUT2D eigenvalue weighted by Crippen LogP contribution is 2.41. The van der Waals surface area contributed by atoms with Crippen molar-refractivity contribution in [2.75, 3.05) is 42.1 Å². The van der Waals surface area contributed by atoms with Crippen LogP contribution in [0.2, 0.25) is 0 Å². The zero-order chi connectivity index (χ0) is 28.3. The summed E-state index contributed by atoms with van der Waals surface area (Å²) in [5.74, 6) is 2.01. The van der Waals surface area contributed by atoms with Gasteiger partial charge in [0, 0.05) is 43.8 Å². The number of rotatable bonds is 9. The van der Waals surface area contributed by atoms with Gasteiger partial charge in [0.15, 0.2) is 0 Å². The SMILES string of the molecule is C[C@@H]1CN(c2ccc(C(=O)Nc3ccccc3N)cn2)CCN1C(=O)OCc1ccc(C2CC2NCC2CC2)cc1. The molecule has 9 nitrogen and oxygen atoms in total. The van der Waals surface area contributed by atoms with Crippen LogP contribution in [0.3, 0.4) is 0 Å². The Balaban J connectivity index is 0.954. The standard InChI is InChI=1S/C32H38N6O3/c1-21-19-37(30-13-12-25(18-35-30)31(39)36-28-5-3-2-4-27(28)33)14-15-38(21)32(40)41-20-23-8-10-24(11-9-23)26-16-29(26)34-17-22-6-7-22/h2-5,8-13,18,21-22,26,29,34H,6-7,14-17,19-20,33H2,1H3,(H,36,39)/t21-,26?,29?/m1/s1. The van der Waals surface area contributed by atoms with Crippen LogP contribution in [0, 0.1) is 5.92 Å². The van der Waals surface area contributed by atoms with E-state index < -0.39 is 0 Å². The van der Waals surface area contributed by atoms with Crippen molar-refractivity contribution in [1.29, 1.82) is 0 Å². The number of nitrogens with zero attached hydrogens (tertiary/aromatic N) is 3. The minimum absolute atomic E-state index is 0.0422. The summed E-state index contributed by atoms with van der Waals surface area (Å²) in [5.41, 5.74) is 9.81. The van der Waals surface area contributed by atoms with Crippen molar-refractivity contribution in [3.63, 3.8) is 0 Å². The van der Waals surface area contributed by atoms with Crippen LogP contribution in [0.25, 0.3) is 0 Å². The molecule has 3 fully saturated rings. The van der Waals surface area contributed by atoms with E-state index in [4.69, 9.17) is 10.5 Å². The fraction of sp³-hybridized carbons (Fsp3) is 0.406. The molecule has 4 N–H and O–H groups in total. The minimum Gasteiger partial charge on any atom is -0.445 e. The molecule has 1 aliphatic heterocycles. The first kappa shape index (κ1) is 27.1. The number of carbonyl (C=O) groups is 2. The van der Waals surface area contributed by atoms with Gasteiger partial charge < -0.3 is 30.9 Å². The maximum absolute atomic E-state index is 12.9. The average Bonchev–Trinajstić information content (AvgIpc) is 3.92. The summed E-state index contributed by atoms with van der Waals surface area (Å²) in [5, 5.41) is 6.51. The van der Waals surface area contributed by atoms with Crippen molar-refractivity contribution in [1.82, 2.24) is 15.2 Å². The molecule has 2 unspecified atom stereocenters. The smallest absolute Gasteiger partial charge is 0.410 e. The van der Waals surface area contributed by atoms with Crippen LogP contribution < -0.4 is 21.3 Å². The van der Waals surface area contributed by atoms with Gasteiger partial charge in [0.25, 0.3) is 5.91 Å². The molecule has 2 amide bonds. The molecule has 3 atom stereocenters. The number of benzene rings is 2. The van der Waals surface area contributed by atoms with E-state index in [1.54, 1.807) is 29.3 Å². The lowest BCUT2D eigenvalue weighted by Crippen LogP contribution is -2.54. The van der Waals surface area contributed by atoms with E-state index >= 15 is 0 Å². The van der Waals surface area contributed by atoms with E-state index in [0.717, 1.165) is 23.8 Å². The molecule has 2 aliphatic carbocycles. The zero-order valence-electron chi connectivity index (χ0n) is 23.5. The highest BCUT2D eigenvalue weighted by Gasteiger charge is 2.39. The Bertz CT molecular complexity index is 1370. The highest BCUT2D eigenvalue weighted by atomic mass is 16.6. The van der Waals surface area contributed by atoms with Gasteiger partial charge in [-0.15, -0.1) is 0 Å². The van der Waals surface area contributed by atoms with Gasteiger partial charge in [-0.3, -0.25) is 4.79 Å². The van der Waals surface area contributed by atoms with E-state index in [0.29, 0.717) is 48.5 Å².